The van der Waals surface area contributed by atoms with Gasteiger partial charge in [-0.2, -0.15) is 0 Å². The van der Waals surface area contributed by atoms with Gasteiger partial charge >= 0.3 is 11.9 Å². The molecule has 0 spiro atoms. The third-order valence-electron chi connectivity index (χ3n) is 12.7. The summed E-state index contributed by atoms with van der Waals surface area (Å²) in [6.07, 6.45) is 17.8. The van der Waals surface area contributed by atoms with Gasteiger partial charge in [0.25, 0.3) is 5.91 Å². The number of benzene rings is 2. The van der Waals surface area contributed by atoms with Crippen LogP contribution in [0.4, 0.5) is 0 Å². The van der Waals surface area contributed by atoms with Gasteiger partial charge in [-0.05, 0) is 121 Å². The lowest BCUT2D eigenvalue weighted by atomic mass is 9.95. The largest absolute Gasteiger partial charge is 0.497 e. The molecule has 0 saturated carbocycles. The average molecular weight is 984 g/mol. The Morgan fingerprint density at radius 1 is 0.667 bits per heavy atom. The van der Waals surface area contributed by atoms with Crippen molar-refractivity contribution in [2.45, 2.75) is 244 Å². The van der Waals surface area contributed by atoms with E-state index in [2.05, 4.69) is 36.5 Å². The maximum atomic E-state index is 14.4. The molecule has 2 aromatic rings. The van der Waals surface area contributed by atoms with Crippen molar-refractivity contribution >= 4 is 26.9 Å². The number of rotatable bonds is 37. The van der Waals surface area contributed by atoms with Gasteiger partial charge in [0.1, 0.15) is 29.7 Å². The molecule has 1 aliphatic rings. The molecule has 2 aromatic carbocycles. The third kappa shape index (κ3) is 26.0. The fourth-order valence-electron chi connectivity index (χ4n) is 8.65. The molecule has 1 amide bonds. The van der Waals surface area contributed by atoms with Gasteiger partial charge < -0.3 is 43.3 Å². The molecule has 0 radical (unpaired) electrons. The van der Waals surface area contributed by atoms with E-state index in [1.165, 1.54) is 49.7 Å². The second kappa shape index (κ2) is 34.8. The van der Waals surface area contributed by atoms with E-state index < -0.39 is 69.2 Å². The number of nitrogens with one attached hydrogen (secondary N) is 1. The topological polar surface area (TPSA) is 148 Å². The highest BCUT2D eigenvalue weighted by Crippen LogP contribution is 2.28. The molecule has 1 aliphatic heterocycles. The Bertz CT molecular complexity index is 1670. The van der Waals surface area contributed by atoms with Crippen LogP contribution in [0.25, 0.3) is 0 Å². The summed E-state index contributed by atoms with van der Waals surface area (Å²) in [5.74, 6) is 0.306. The number of aryl methyl sites for hydroxylation is 2. The molecule has 69 heavy (non-hydrogen) atoms. The summed E-state index contributed by atoms with van der Waals surface area (Å²) in [6, 6.07) is 15.3. The van der Waals surface area contributed by atoms with Crippen LogP contribution in [0, 0.1) is 0 Å². The number of carbonyl (C=O) groups excluding carboxylic acids is 3. The molecule has 12 nitrogen and oxygen atoms in total. The van der Waals surface area contributed by atoms with E-state index >= 15 is 0 Å². The van der Waals surface area contributed by atoms with E-state index in [1.54, 1.807) is 14.2 Å². The molecule has 13 heteroatoms. The summed E-state index contributed by atoms with van der Waals surface area (Å²) >= 11 is 0. The number of amides is 1. The van der Waals surface area contributed by atoms with Crippen molar-refractivity contribution in [3.63, 3.8) is 0 Å². The predicted molar refractivity (Wildman–Crippen MR) is 277 cm³/mol. The summed E-state index contributed by atoms with van der Waals surface area (Å²) < 4.78 is 41.5. The predicted octanol–water partition coefficient (Wildman–Crippen LogP) is 11.7. The lowest BCUT2D eigenvalue weighted by molar-refractivity contribution is -0.259. The van der Waals surface area contributed by atoms with E-state index in [-0.39, 0.29) is 19.4 Å². The molecule has 0 bridgehead atoms. The van der Waals surface area contributed by atoms with E-state index in [1.807, 2.05) is 58.1 Å². The van der Waals surface area contributed by atoms with Gasteiger partial charge in [0, 0.05) is 12.8 Å². The zero-order valence-electron chi connectivity index (χ0n) is 44.1. The fraction of sp³-hybridized carbons (Fsp3) is 0.732. The minimum atomic E-state index is -1.82. The van der Waals surface area contributed by atoms with Crippen LogP contribution in [0.5, 0.6) is 11.5 Å². The van der Waals surface area contributed by atoms with Gasteiger partial charge in [0.15, 0.2) is 27.5 Å². The van der Waals surface area contributed by atoms with Crippen LogP contribution in [0.2, 0.25) is 13.1 Å². The van der Waals surface area contributed by atoms with Crippen molar-refractivity contribution in [2.24, 2.45) is 0 Å². The second-order valence-electron chi connectivity index (χ2n) is 20.3. The fourth-order valence-corrected chi connectivity index (χ4v) is 9.42. The number of aliphatic hydroxyl groups is 1. The smallest absolute Gasteiger partial charge is 0.306 e. The standard InChI is InChI=1S/C56H93NO11Si/c1-9-10-11-12-13-14-15-16-21-26-31-47(65-49(58)32-27-22-17-19-24-29-43-34-38-45(62-5)39-35-43)54(61)57-51-53(52(60)48(42-64-56(2,3)4)66-55(51)68-69(7)8)67-50(59)33-28-23-18-20-25-30-44-36-40-46(63-6)41-37-44/h34-41,47-48,51-53,55,60,69H,9-33,42H2,1-8H3,(H,57,61)/t47?,48-,51-,52-,53-,55?/m1/s1. The average Bonchev–Trinajstić information content (AvgIpc) is 3.32. The summed E-state index contributed by atoms with van der Waals surface area (Å²) in [5, 5.41) is 14.9. The molecule has 0 aliphatic carbocycles. The first-order valence-corrected chi connectivity index (χ1v) is 29.6. The van der Waals surface area contributed by atoms with Gasteiger partial charge in [-0.25, -0.2) is 0 Å². The Hall–Kier alpha value is -3.49. The Morgan fingerprint density at radius 2 is 1.13 bits per heavy atom. The molecule has 0 aromatic heterocycles. The first-order chi connectivity index (χ1) is 33.2. The van der Waals surface area contributed by atoms with Crippen LogP contribution in [-0.2, 0) is 50.6 Å². The Kier molecular flexibility index (Phi) is 30.1. The summed E-state index contributed by atoms with van der Waals surface area (Å²) in [5.41, 5.74) is 2.02. The molecule has 2 N–H and O–H groups in total. The molecule has 392 valence electrons. The highest BCUT2D eigenvalue weighted by atomic mass is 28.3. The van der Waals surface area contributed by atoms with Gasteiger partial charge in [0.05, 0.1) is 26.4 Å². The Morgan fingerprint density at radius 3 is 1.61 bits per heavy atom. The molecule has 2 unspecified atom stereocenters. The molecule has 1 fully saturated rings. The third-order valence-corrected chi connectivity index (χ3v) is 13.5. The van der Waals surface area contributed by atoms with Crippen molar-refractivity contribution in [1.29, 1.82) is 0 Å². The summed E-state index contributed by atoms with van der Waals surface area (Å²) in [6.45, 7) is 12.0. The SMILES string of the molecule is CCCCCCCCCCCCC(OC(=O)CCCCCCCc1ccc(OC)cc1)C(=O)N[C@H]1C(O[SiH](C)C)O[C@H](COC(C)(C)C)[C@@H](O)[C@@H]1OC(=O)CCCCCCCc1ccc(OC)cc1. The minimum absolute atomic E-state index is 0.0249. The molecule has 1 saturated heterocycles. The zero-order valence-corrected chi connectivity index (χ0v) is 45.2. The number of aliphatic hydroxyl groups excluding tert-OH is 1. The van der Waals surface area contributed by atoms with Crippen LogP contribution in [0.15, 0.2) is 48.5 Å². The first kappa shape index (κ1) is 59.8. The molecule has 3 rings (SSSR count). The molecular weight excluding hydrogens is 891 g/mol. The number of hydrogen-bond donors (Lipinski definition) is 2. The van der Waals surface area contributed by atoms with E-state index in [9.17, 15) is 19.5 Å². The summed E-state index contributed by atoms with van der Waals surface area (Å²) in [4.78, 5) is 41.4. The highest BCUT2D eigenvalue weighted by molar-refractivity contribution is 6.48. The van der Waals surface area contributed by atoms with Crippen LogP contribution < -0.4 is 14.8 Å². The number of esters is 2. The van der Waals surface area contributed by atoms with Crippen LogP contribution in [0.3, 0.4) is 0 Å². The maximum Gasteiger partial charge on any atom is 0.306 e. The second-order valence-corrected chi connectivity index (χ2v) is 22.7. The van der Waals surface area contributed by atoms with Crippen LogP contribution >= 0.6 is 0 Å². The van der Waals surface area contributed by atoms with Crippen molar-refractivity contribution in [2.75, 3.05) is 20.8 Å². The minimum Gasteiger partial charge on any atom is -0.497 e. The molecular formula is C56H93NO11Si. The zero-order chi connectivity index (χ0) is 50.3. The first-order valence-electron chi connectivity index (χ1n) is 26.8. The molecule has 6 atom stereocenters. The lowest BCUT2D eigenvalue weighted by Crippen LogP contribution is -2.67. The number of carbonyl (C=O) groups is 3. The Balaban J connectivity index is 1.65. The molecule has 1 heterocycles. The summed E-state index contributed by atoms with van der Waals surface area (Å²) in [7, 11) is 1.52. The van der Waals surface area contributed by atoms with Crippen molar-refractivity contribution in [3.8, 4) is 11.5 Å². The lowest BCUT2D eigenvalue weighted by Gasteiger charge is -2.45. The van der Waals surface area contributed by atoms with Crippen LogP contribution in [0.1, 0.15) is 187 Å². The van der Waals surface area contributed by atoms with Crippen molar-refractivity contribution in [1.82, 2.24) is 5.32 Å². The van der Waals surface area contributed by atoms with Crippen LogP contribution in [-0.4, -0.2) is 95.2 Å². The van der Waals surface area contributed by atoms with E-state index in [4.69, 9.17) is 32.8 Å². The van der Waals surface area contributed by atoms with Crippen molar-refractivity contribution in [3.05, 3.63) is 59.7 Å². The Labute approximate surface area is 418 Å². The number of ether oxygens (including phenoxy) is 6. The van der Waals surface area contributed by atoms with Gasteiger partial charge in [0.2, 0.25) is 0 Å². The maximum absolute atomic E-state index is 14.4. The number of methoxy groups -OCH3 is 2. The van der Waals surface area contributed by atoms with Gasteiger partial charge in [-0.3, -0.25) is 14.4 Å². The van der Waals surface area contributed by atoms with E-state index in [0.29, 0.717) is 25.7 Å². The van der Waals surface area contributed by atoms with E-state index in [0.717, 1.165) is 95.0 Å². The normalized spacial score (nSPS) is 18.7. The van der Waals surface area contributed by atoms with Gasteiger partial charge in [-0.15, -0.1) is 0 Å². The quantitative estimate of drug-likeness (QED) is 0.0379. The number of unbranched alkanes of at least 4 members (excludes halogenated alkanes) is 17. The highest BCUT2D eigenvalue weighted by Gasteiger charge is 2.50. The monoisotopic (exact) mass is 984 g/mol. The van der Waals surface area contributed by atoms with Crippen molar-refractivity contribution < 1.29 is 52.3 Å². The number of hydrogen-bond acceptors (Lipinski definition) is 11. The van der Waals surface area contributed by atoms with Gasteiger partial charge in [-0.1, -0.05) is 128 Å².